The number of halogens is 1. The maximum Gasteiger partial charge on any atom is 0.259 e. The fourth-order valence-corrected chi connectivity index (χ4v) is 4.60. The first-order chi connectivity index (χ1) is 16.2. The maximum absolute atomic E-state index is 14.6. The first-order valence-electron chi connectivity index (χ1n) is 10.9. The van der Waals surface area contributed by atoms with Crippen LogP contribution in [0.15, 0.2) is 79.3 Å². The number of carbonyl (C=O) groups is 1. The molecule has 3 aromatic heterocycles. The van der Waals surface area contributed by atoms with E-state index in [2.05, 4.69) is 10.1 Å². The van der Waals surface area contributed by atoms with E-state index in [4.69, 9.17) is 4.98 Å². The number of imidazole rings is 1. The maximum atomic E-state index is 14.6. The summed E-state index contributed by atoms with van der Waals surface area (Å²) in [5, 5.41) is 4.41. The predicted molar refractivity (Wildman–Crippen MR) is 122 cm³/mol. The Morgan fingerprint density at radius 1 is 1.03 bits per heavy atom. The number of para-hydroxylation sites is 3. The molecular weight excluding hydrogens is 419 g/mol. The highest BCUT2D eigenvalue weighted by Gasteiger charge is 2.35. The molecule has 33 heavy (non-hydrogen) atoms. The molecule has 0 saturated carbocycles. The van der Waals surface area contributed by atoms with Crippen molar-refractivity contribution >= 4 is 16.9 Å². The van der Waals surface area contributed by atoms with Crippen molar-refractivity contribution in [3.05, 3.63) is 96.5 Å². The molecule has 1 N–H and O–H groups in total. The Balaban J connectivity index is 1.43. The summed E-state index contributed by atoms with van der Waals surface area (Å²) in [5.74, 6) is 0.731. The number of fused-ring (bicyclic) bond motifs is 1. The molecule has 1 aliphatic rings. The summed E-state index contributed by atoms with van der Waals surface area (Å²) in [6.45, 7) is 0.622. The van der Waals surface area contributed by atoms with Crippen LogP contribution in [-0.2, 0) is 0 Å². The molecule has 1 saturated heterocycles. The average molecular weight is 440 g/mol. The fourth-order valence-electron chi connectivity index (χ4n) is 4.60. The van der Waals surface area contributed by atoms with Crippen molar-refractivity contribution in [3.63, 3.8) is 0 Å². The molecule has 7 nitrogen and oxygen atoms in total. The van der Waals surface area contributed by atoms with Crippen molar-refractivity contribution in [3.8, 4) is 11.5 Å². The van der Waals surface area contributed by atoms with Crippen molar-refractivity contribution in [1.29, 1.82) is 0 Å². The summed E-state index contributed by atoms with van der Waals surface area (Å²) in [7, 11) is 0. The van der Waals surface area contributed by atoms with Crippen LogP contribution in [0.2, 0.25) is 0 Å². The Kier molecular flexibility index (Phi) is 4.57. The number of likely N-dealkylation sites (tertiary alicyclic amines) is 1. The predicted octanol–water partition coefficient (Wildman–Crippen LogP) is 4.66. The number of H-pyrrole nitrogens is 1. The quantitative estimate of drug-likeness (QED) is 0.442. The SMILES string of the molecule is O=C(c1cnn(-c2ccccc2F)c1-n1cccc1)N1CCC[C@H]1c1nc2ccccc2[nH]1. The molecule has 4 heterocycles. The summed E-state index contributed by atoms with van der Waals surface area (Å²) < 4.78 is 17.9. The molecule has 0 aliphatic carbocycles. The minimum Gasteiger partial charge on any atom is -0.340 e. The molecule has 1 aliphatic heterocycles. The standard InChI is InChI=1S/C25H21FN6O/c26-18-8-1-4-11-21(18)32-24(30-13-5-6-14-30)17(16-27-32)25(33)31-15-7-12-22(31)23-28-19-9-2-3-10-20(19)29-23/h1-6,8-11,13-14,16,22H,7,12,15H2,(H,28,29)/t22-/m0/s1. The summed E-state index contributed by atoms with van der Waals surface area (Å²) in [6, 6.07) is 17.8. The lowest BCUT2D eigenvalue weighted by Crippen LogP contribution is -2.31. The largest absolute Gasteiger partial charge is 0.340 e. The van der Waals surface area contributed by atoms with Crippen LogP contribution in [0.1, 0.15) is 35.1 Å². The van der Waals surface area contributed by atoms with Crippen molar-refractivity contribution in [1.82, 2.24) is 29.2 Å². The van der Waals surface area contributed by atoms with E-state index in [1.807, 2.05) is 53.7 Å². The van der Waals surface area contributed by atoms with E-state index in [9.17, 15) is 9.18 Å². The van der Waals surface area contributed by atoms with Gasteiger partial charge < -0.3 is 14.5 Å². The number of carbonyl (C=O) groups excluding carboxylic acids is 1. The van der Waals surface area contributed by atoms with E-state index in [0.29, 0.717) is 17.9 Å². The van der Waals surface area contributed by atoms with Gasteiger partial charge >= 0.3 is 0 Å². The molecule has 1 fully saturated rings. The second kappa shape index (κ2) is 7.74. The number of hydrogen-bond acceptors (Lipinski definition) is 3. The fraction of sp³-hybridized carbons (Fsp3) is 0.160. The Morgan fingerprint density at radius 2 is 1.82 bits per heavy atom. The van der Waals surface area contributed by atoms with Crippen molar-refractivity contribution < 1.29 is 9.18 Å². The summed E-state index contributed by atoms with van der Waals surface area (Å²) in [4.78, 5) is 23.8. The lowest BCUT2D eigenvalue weighted by Gasteiger charge is -2.23. The van der Waals surface area contributed by atoms with Gasteiger partial charge in [0.25, 0.3) is 5.91 Å². The van der Waals surface area contributed by atoms with Crippen LogP contribution < -0.4 is 0 Å². The van der Waals surface area contributed by atoms with Gasteiger partial charge in [0.1, 0.15) is 22.9 Å². The van der Waals surface area contributed by atoms with Crippen molar-refractivity contribution in [2.24, 2.45) is 0 Å². The molecule has 2 aromatic carbocycles. The number of amides is 1. The molecule has 0 bridgehead atoms. The first-order valence-corrected chi connectivity index (χ1v) is 10.9. The zero-order valence-electron chi connectivity index (χ0n) is 17.7. The Labute approximate surface area is 189 Å². The zero-order chi connectivity index (χ0) is 22.4. The number of aromatic nitrogens is 5. The van der Waals surface area contributed by atoms with Gasteiger partial charge in [-0.2, -0.15) is 5.10 Å². The van der Waals surface area contributed by atoms with Crippen LogP contribution in [0.4, 0.5) is 4.39 Å². The highest BCUT2D eigenvalue weighted by atomic mass is 19.1. The number of hydrogen-bond donors (Lipinski definition) is 1. The molecule has 0 radical (unpaired) electrons. The molecule has 5 aromatic rings. The van der Waals surface area contributed by atoms with E-state index in [0.717, 1.165) is 29.7 Å². The number of rotatable bonds is 4. The van der Waals surface area contributed by atoms with Crippen molar-refractivity contribution in [2.45, 2.75) is 18.9 Å². The highest BCUT2D eigenvalue weighted by molar-refractivity contribution is 5.97. The molecule has 6 rings (SSSR count). The van der Waals surface area contributed by atoms with Gasteiger partial charge in [0.15, 0.2) is 5.82 Å². The smallest absolute Gasteiger partial charge is 0.259 e. The third kappa shape index (κ3) is 3.22. The van der Waals surface area contributed by atoms with Gasteiger partial charge in [0, 0.05) is 18.9 Å². The summed E-state index contributed by atoms with van der Waals surface area (Å²) in [6.07, 6.45) is 6.88. The summed E-state index contributed by atoms with van der Waals surface area (Å²) >= 11 is 0. The first kappa shape index (κ1) is 19.5. The molecule has 8 heteroatoms. The minimum atomic E-state index is -0.408. The van der Waals surface area contributed by atoms with Crippen LogP contribution in [0, 0.1) is 5.82 Å². The van der Waals surface area contributed by atoms with Gasteiger partial charge in [-0.05, 0) is 49.2 Å². The second-order valence-electron chi connectivity index (χ2n) is 8.13. The zero-order valence-corrected chi connectivity index (χ0v) is 17.7. The molecular formula is C25H21FN6O. The van der Waals surface area contributed by atoms with Crippen LogP contribution in [0.5, 0.6) is 0 Å². The number of nitrogens with one attached hydrogen (secondary N) is 1. The Hall–Kier alpha value is -4.20. The highest BCUT2D eigenvalue weighted by Crippen LogP contribution is 2.34. The van der Waals surface area contributed by atoms with E-state index >= 15 is 0 Å². The van der Waals surface area contributed by atoms with Crippen LogP contribution in [-0.4, -0.2) is 41.7 Å². The Bertz CT molecular complexity index is 1420. The van der Waals surface area contributed by atoms with Crippen LogP contribution in [0.25, 0.3) is 22.5 Å². The number of nitrogens with zero attached hydrogens (tertiary/aromatic N) is 5. The van der Waals surface area contributed by atoms with E-state index in [1.165, 1.54) is 16.9 Å². The third-order valence-corrected chi connectivity index (χ3v) is 6.14. The third-order valence-electron chi connectivity index (χ3n) is 6.14. The molecule has 164 valence electrons. The van der Waals surface area contributed by atoms with Crippen LogP contribution in [0.3, 0.4) is 0 Å². The van der Waals surface area contributed by atoms with E-state index < -0.39 is 5.82 Å². The molecule has 1 atom stereocenters. The van der Waals surface area contributed by atoms with Crippen molar-refractivity contribution in [2.75, 3.05) is 6.54 Å². The molecule has 0 spiro atoms. The van der Waals surface area contributed by atoms with Gasteiger partial charge in [0.05, 0.1) is 23.3 Å². The van der Waals surface area contributed by atoms with Gasteiger partial charge in [0.2, 0.25) is 0 Å². The van der Waals surface area contributed by atoms with Gasteiger partial charge in [-0.1, -0.05) is 24.3 Å². The van der Waals surface area contributed by atoms with Gasteiger partial charge in [-0.15, -0.1) is 0 Å². The normalized spacial score (nSPS) is 16.0. The van der Waals surface area contributed by atoms with E-state index in [-0.39, 0.29) is 17.6 Å². The number of aromatic amines is 1. The topological polar surface area (TPSA) is 71.7 Å². The monoisotopic (exact) mass is 440 g/mol. The van der Waals surface area contributed by atoms with Crippen LogP contribution >= 0.6 is 0 Å². The minimum absolute atomic E-state index is 0.149. The summed E-state index contributed by atoms with van der Waals surface area (Å²) in [5.41, 5.74) is 2.53. The van der Waals surface area contributed by atoms with Gasteiger partial charge in [-0.25, -0.2) is 14.1 Å². The van der Waals surface area contributed by atoms with Gasteiger partial charge in [-0.3, -0.25) is 4.79 Å². The lowest BCUT2D eigenvalue weighted by molar-refractivity contribution is 0.0730. The Morgan fingerprint density at radius 3 is 2.64 bits per heavy atom. The average Bonchev–Trinajstić information content (AvgIpc) is 3.63. The van der Waals surface area contributed by atoms with E-state index in [1.54, 1.807) is 22.8 Å². The lowest BCUT2D eigenvalue weighted by atomic mass is 10.2. The molecule has 0 unspecified atom stereocenters. The second-order valence-corrected chi connectivity index (χ2v) is 8.13. The molecule has 1 amide bonds. The number of benzene rings is 2.